The third kappa shape index (κ3) is 2.85. The van der Waals surface area contributed by atoms with Gasteiger partial charge in [0.05, 0.1) is 25.0 Å². The van der Waals surface area contributed by atoms with Crippen molar-refractivity contribution in [2.45, 2.75) is 25.0 Å². The normalized spacial score (nSPS) is 21.1. The minimum Gasteiger partial charge on any atom is -0.386 e. The van der Waals surface area contributed by atoms with E-state index in [-0.39, 0.29) is 0 Å². The van der Waals surface area contributed by atoms with Crippen LogP contribution in [0.15, 0.2) is 42.7 Å². The van der Waals surface area contributed by atoms with Gasteiger partial charge in [0.15, 0.2) is 0 Å². The van der Waals surface area contributed by atoms with Gasteiger partial charge in [0, 0.05) is 12.7 Å². The molecule has 1 atom stereocenters. The first-order valence-corrected chi connectivity index (χ1v) is 7.89. The topological polar surface area (TPSA) is 97.8 Å². The predicted octanol–water partition coefficient (Wildman–Crippen LogP) is 0.285. The van der Waals surface area contributed by atoms with Crippen LogP contribution >= 0.6 is 0 Å². The number of benzene rings is 1. The van der Waals surface area contributed by atoms with Crippen molar-refractivity contribution in [2.75, 3.05) is 18.0 Å². The average molecular weight is 326 g/mol. The summed E-state index contributed by atoms with van der Waals surface area (Å²) in [5, 5.41) is 30.8. The average Bonchev–Trinajstić information content (AvgIpc) is 3.26. The fraction of sp³-hybridized carbons (Fsp3) is 0.400. The Morgan fingerprint density at radius 2 is 2.04 bits per heavy atom. The number of nitrogens with zero attached hydrogens (tertiary/aromatic N) is 8. The van der Waals surface area contributed by atoms with Gasteiger partial charge >= 0.3 is 0 Å². The van der Waals surface area contributed by atoms with E-state index in [4.69, 9.17) is 0 Å². The van der Waals surface area contributed by atoms with Crippen molar-refractivity contribution in [3.05, 3.63) is 42.7 Å². The van der Waals surface area contributed by atoms with Crippen molar-refractivity contribution in [2.24, 2.45) is 0 Å². The van der Waals surface area contributed by atoms with Crippen LogP contribution in [0.2, 0.25) is 0 Å². The van der Waals surface area contributed by atoms with Gasteiger partial charge in [-0.1, -0.05) is 28.5 Å². The summed E-state index contributed by atoms with van der Waals surface area (Å²) in [5.74, 6) is 0.637. The quantitative estimate of drug-likeness (QED) is 0.735. The fourth-order valence-corrected chi connectivity index (χ4v) is 3.15. The third-order valence-electron chi connectivity index (χ3n) is 4.22. The Morgan fingerprint density at radius 1 is 1.17 bits per heavy atom. The van der Waals surface area contributed by atoms with Crippen molar-refractivity contribution < 1.29 is 5.11 Å². The van der Waals surface area contributed by atoms with Gasteiger partial charge in [0.2, 0.25) is 5.95 Å². The lowest BCUT2D eigenvalue weighted by Gasteiger charge is -2.39. The molecule has 4 rings (SSSR count). The second kappa shape index (κ2) is 6.00. The van der Waals surface area contributed by atoms with E-state index in [0.717, 1.165) is 18.7 Å². The number of tetrazole rings is 1. The van der Waals surface area contributed by atoms with E-state index in [0.29, 0.717) is 25.5 Å². The third-order valence-corrected chi connectivity index (χ3v) is 4.22. The van der Waals surface area contributed by atoms with Crippen LogP contribution in [0.4, 0.5) is 5.95 Å². The lowest BCUT2D eigenvalue weighted by atomic mass is 9.93. The van der Waals surface area contributed by atoms with Gasteiger partial charge in [-0.15, -0.1) is 5.10 Å². The molecule has 1 N–H and O–H groups in total. The molecule has 0 spiro atoms. The first-order chi connectivity index (χ1) is 11.7. The molecule has 3 aromatic rings. The smallest absolute Gasteiger partial charge is 0.250 e. The minimum absolute atomic E-state index is 0.399. The second-order valence-electron chi connectivity index (χ2n) is 6.08. The molecular formula is C15H18N8O. The maximum Gasteiger partial charge on any atom is 0.250 e. The molecule has 0 radical (unpaired) electrons. The Balaban J connectivity index is 1.58. The number of anilines is 1. The summed E-state index contributed by atoms with van der Waals surface area (Å²) >= 11 is 0. The number of β-amino-alcohol motifs (C(OH)–C–C–N with tert-alkyl or cyclic N) is 1. The Labute approximate surface area is 138 Å². The van der Waals surface area contributed by atoms with E-state index in [9.17, 15) is 5.11 Å². The molecule has 9 heteroatoms. The summed E-state index contributed by atoms with van der Waals surface area (Å²) < 4.78 is 3.35. The molecule has 1 aliphatic rings. The van der Waals surface area contributed by atoms with E-state index >= 15 is 0 Å². The number of aromatic nitrogens is 7. The van der Waals surface area contributed by atoms with E-state index < -0.39 is 5.60 Å². The van der Waals surface area contributed by atoms with Crippen molar-refractivity contribution in [3.63, 3.8) is 0 Å². The molecule has 9 nitrogen and oxygen atoms in total. The van der Waals surface area contributed by atoms with Gasteiger partial charge in [-0.05, 0) is 35.4 Å². The molecule has 0 aliphatic carbocycles. The van der Waals surface area contributed by atoms with Gasteiger partial charge in [0.25, 0.3) is 0 Å². The predicted molar refractivity (Wildman–Crippen MR) is 85.6 cm³/mol. The van der Waals surface area contributed by atoms with Crippen LogP contribution in [0.5, 0.6) is 0 Å². The molecular weight excluding hydrogens is 308 g/mol. The van der Waals surface area contributed by atoms with Crippen LogP contribution in [-0.4, -0.2) is 59.0 Å². The standard InChI is InChI=1S/C15H18N8O/c24-15(12-22-10-8-16-19-22)7-4-9-21(11-15)14-17-18-20-23(14)13-5-2-1-3-6-13/h1-3,5-6,8,10,24H,4,7,9,11-12H2. The molecule has 1 aliphatic heterocycles. The Bertz CT molecular complexity index is 787. The molecule has 0 amide bonds. The van der Waals surface area contributed by atoms with Crippen molar-refractivity contribution in [1.29, 1.82) is 0 Å². The summed E-state index contributed by atoms with van der Waals surface area (Å²) in [7, 11) is 0. The van der Waals surface area contributed by atoms with Gasteiger partial charge in [-0.25, -0.2) is 4.68 Å². The Hall–Kier alpha value is -2.81. The number of para-hydroxylation sites is 1. The highest BCUT2D eigenvalue weighted by Gasteiger charge is 2.36. The summed E-state index contributed by atoms with van der Waals surface area (Å²) in [6.07, 6.45) is 4.92. The Kier molecular flexibility index (Phi) is 3.69. The largest absolute Gasteiger partial charge is 0.386 e. The SMILES string of the molecule is OC1(Cn2ccnn2)CCCN(c2nnnn2-c2ccccc2)C1. The zero-order valence-corrected chi connectivity index (χ0v) is 13.1. The van der Waals surface area contributed by atoms with Gasteiger partial charge in [-0.3, -0.25) is 0 Å². The van der Waals surface area contributed by atoms with Crippen LogP contribution in [0.25, 0.3) is 5.69 Å². The van der Waals surface area contributed by atoms with Crippen LogP contribution < -0.4 is 4.90 Å². The van der Waals surface area contributed by atoms with E-state index in [1.165, 1.54) is 0 Å². The molecule has 1 fully saturated rings. The zero-order valence-electron chi connectivity index (χ0n) is 13.1. The van der Waals surface area contributed by atoms with E-state index in [1.54, 1.807) is 21.8 Å². The molecule has 1 aromatic carbocycles. The highest BCUT2D eigenvalue weighted by molar-refractivity contribution is 5.41. The molecule has 0 saturated carbocycles. The fourth-order valence-electron chi connectivity index (χ4n) is 3.15. The lowest BCUT2D eigenvalue weighted by molar-refractivity contribution is 0.00556. The molecule has 1 unspecified atom stereocenters. The van der Waals surface area contributed by atoms with E-state index in [2.05, 4.69) is 25.8 Å². The molecule has 2 aromatic heterocycles. The number of hydrogen-bond donors (Lipinski definition) is 1. The number of aliphatic hydroxyl groups is 1. The van der Waals surface area contributed by atoms with Crippen LogP contribution in [0, 0.1) is 0 Å². The summed E-state index contributed by atoms with van der Waals surface area (Å²) in [6.45, 7) is 1.64. The number of piperidine rings is 1. The molecule has 0 bridgehead atoms. The van der Waals surface area contributed by atoms with Crippen LogP contribution in [0.1, 0.15) is 12.8 Å². The van der Waals surface area contributed by atoms with Gasteiger partial charge in [0.1, 0.15) is 5.60 Å². The molecule has 24 heavy (non-hydrogen) atoms. The summed E-state index contributed by atoms with van der Waals surface area (Å²) in [6, 6.07) is 9.73. The first-order valence-electron chi connectivity index (χ1n) is 7.89. The van der Waals surface area contributed by atoms with Crippen molar-refractivity contribution in [3.8, 4) is 5.69 Å². The zero-order chi connectivity index (χ0) is 16.4. The van der Waals surface area contributed by atoms with Gasteiger partial charge in [-0.2, -0.15) is 4.68 Å². The van der Waals surface area contributed by atoms with Crippen LogP contribution in [-0.2, 0) is 6.54 Å². The van der Waals surface area contributed by atoms with Gasteiger partial charge < -0.3 is 10.0 Å². The maximum absolute atomic E-state index is 11.0. The minimum atomic E-state index is -0.889. The summed E-state index contributed by atoms with van der Waals surface area (Å²) in [5.41, 5.74) is 0.00210. The molecule has 124 valence electrons. The molecule has 3 heterocycles. The summed E-state index contributed by atoms with van der Waals surface area (Å²) in [4.78, 5) is 2.02. The maximum atomic E-state index is 11.0. The Morgan fingerprint density at radius 3 is 2.83 bits per heavy atom. The lowest BCUT2D eigenvalue weighted by Crippen LogP contribution is -2.51. The monoisotopic (exact) mass is 326 g/mol. The van der Waals surface area contributed by atoms with Crippen LogP contribution in [0.3, 0.4) is 0 Å². The van der Waals surface area contributed by atoms with Crippen molar-refractivity contribution >= 4 is 5.95 Å². The number of hydrogen-bond acceptors (Lipinski definition) is 7. The highest BCUT2D eigenvalue weighted by atomic mass is 16.3. The highest BCUT2D eigenvalue weighted by Crippen LogP contribution is 2.26. The van der Waals surface area contributed by atoms with Crippen molar-refractivity contribution in [1.82, 2.24) is 35.2 Å². The molecule has 1 saturated heterocycles. The number of rotatable bonds is 4. The first kappa shape index (κ1) is 14.8. The van der Waals surface area contributed by atoms with E-state index in [1.807, 2.05) is 35.2 Å². The second-order valence-corrected chi connectivity index (χ2v) is 6.08.